The smallest absolute Gasteiger partial charge is 0.133 e. The molecule has 1 aliphatic rings. The second-order valence-electron chi connectivity index (χ2n) is 5.22. The molecule has 3 atom stereocenters. The van der Waals surface area contributed by atoms with E-state index in [1.807, 2.05) is 6.07 Å². The van der Waals surface area contributed by atoms with Crippen molar-refractivity contribution in [2.45, 2.75) is 39.2 Å². The van der Waals surface area contributed by atoms with Crippen LogP contribution in [0.25, 0.3) is 0 Å². The number of anilines is 2. The van der Waals surface area contributed by atoms with E-state index in [2.05, 4.69) is 24.1 Å². The van der Waals surface area contributed by atoms with Crippen molar-refractivity contribution in [1.29, 1.82) is 0 Å². The van der Waals surface area contributed by atoms with Crippen LogP contribution in [0.4, 0.5) is 11.5 Å². The van der Waals surface area contributed by atoms with E-state index in [4.69, 9.17) is 17.3 Å². The molecule has 0 amide bonds. The Hall–Kier alpha value is -0.960. The van der Waals surface area contributed by atoms with Crippen LogP contribution in [0.15, 0.2) is 12.1 Å². The number of nitrogens with two attached hydrogens (primary N) is 1. The van der Waals surface area contributed by atoms with Crippen molar-refractivity contribution in [3.8, 4) is 0 Å². The normalized spacial score (nSPS) is 29.0. The summed E-state index contributed by atoms with van der Waals surface area (Å²) in [6, 6.07) is 4.00. The van der Waals surface area contributed by atoms with E-state index in [-0.39, 0.29) is 0 Å². The highest BCUT2D eigenvalue weighted by atomic mass is 35.5. The van der Waals surface area contributed by atoms with Gasteiger partial charge >= 0.3 is 0 Å². The number of nitrogen functional groups attached to an aromatic ring is 1. The first-order chi connectivity index (χ1) is 8.04. The number of hydrogen-bond donors (Lipinski definition) is 2. The molecule has 2 rings (SSSR count). The standard InChI is InChI=1S/C13H20ClN3/c1-8-3-4-11(5-9(8)2)16-13-7-10(15)6-12(14)17-13/h6-9,11H,3-5H2,1-2H3,(H3,15,16,17). The Labute approximate surface area is 108 Å². The minimum Gasteiger partial charge on any atom is -0.399 e. The molecule has 3 unspecified atom stereocenters. The van der Waals surface area contributed by atoms with Crippen LogP contribution in [0.2, 0.25) is 5.15 Å². The van der Waals surface area contributed by atoms with E-state index < -0.39 is 0 Å². The number of nitrogens with zero attached hydrogens (tertiary/aromatic N) is 1. The molecule has 0 spiro atoms. The first-order valence-electron chi connectivity index (χ1n) is 6.24. The van der Waals surface area contributed by atoms with E-state index in [0.29, 0.717) is 16.9 Å². The number of rotatable bonds is 2. The minimum absolute atomic E-state index is 0.449. The van der Waals surface area contributed by atoms with Gasteiger partial charge in [-0.2, -0.15) is 0 Å². The molecular weight excluding hydrogens is 234 g/mol. The second kappa shape index (κ2) is 5.13. The van der Waals surface area contributed by atoms with Crippen molar-refractivity contribution in [3.63, 3.8) is 0 Å². The molecule has 3 nitrogen and oxygen atoms in total. The summed E-state index contributed by atoms with van der Waals surface area (Å²) in [5.41, 5.74) is 6.41. The number of hydrogen-bond acceptors (Lipinski definition) is 3. The van der Waals surface area contributed by atoms with Crippen LogP contribution in [0.3, 0.4) is 0 Å². The van der Waals surface area contributed by atoms with Gasteiger partial charge in [0.25, 0.3) is 0 Å². The summed E-state index contributed by atoms with van der Waals surface area (Å²) in [5, 5.41) is 3.89. The van der Waals surface area contributed by atoms with Crippen LogP contribution in [-0.4, -0.2) is 11.0 Å². The van der Waals surface area contributed by atoms with Crippen LogP contribution in [0.5, 0.6) is 0 Å². The van der Waals surface area contributed by atoms with Gasteiger partial charge in [0, 0.05) is 17.8 Å². The summed E-state index contributed by atoms with van der Waals surface area (Å²) in [7, 11) is 0. The fourth-order valence-electron chi connectivity index (χ4n) is 2.48. The van der Waals surface area contributed by atoms with E-state index in [9.17, 15) is 0 Å². The third-order valence-electron chi connectivity index (χ3n) is 3.77. The number of halogens is 1. The van der Waals surface area contributed by atoms with Crippen molar-refractivity contribution >= 4 is 23.1 Å². The molecule has 0 aliphatic heterocycles. The Morgan fingerprint density at radius 1 is 1.29 bits per heavy atom. The maximum atomic E-state index is 5.89. The molecule has 0 saturated heterocycles. The Balaban J connectivity index is 2.01. The molecule has 1 fully saturated rings. The molecule has 4 heteroatoms. The molecule has 1 saturated carbocycles. The molecule has 0 radical (unpaired) electrons. The van der Waals surface area contributed by atoms with E-state index in [1.165, 1.54) is 19.3 Å². The largest absolute Gasteiger partial charge is 0.399 e. The Morgan fingerprint density at radius 2 is 2.06 bits per heavy atom. The molecule has 1 aromatic rings. The SMILES string of the molecule is CC1CCC(Nc2cc(N)cc(Cl)n2)CC1C. The zero-order valence-corrected chi connectivity index (χ0v) is 11.2. The van der Waals surface area contributed by atoms with Gasteiger partial charge in [0.1, 0.15) is 11.0 Å². The average molecular weight is 254 g/mol. The Bertz CT molecular complexity index is 374. The average Bonchev–Trinajstić information content (AvgIpc) is 2.22. The zero-order valence-electron chi connectivity index (χ0n) is 10.4. The van der Waals surface area contributed by atoms with Gasteiger partial charge < -0.3 is 11.1 Å². The van der Waals surface area contributed by atoms with Crippen molar-refractivity contribution in [2.24, 2.45) is 11.8 Å². The monoisotopic (exact) mass is 253 g/mol. The van der Waals surface area contributed by atoms with E-state index in [1.54, 1.807) is 6.07 Å². The van der Waals surface area contributed by atoms with Gasteiger partial charge in [0.05, 0.1) is 0 Å². The first-order valence-corrected chi connectivity index (χ1v) is 6.62. The van der Waals surface area contributed by atoms with Crippen molar-refractivity contribution < 1.29 is 0 Å². The topological polar surface area (TPSA) is 50.9 Å². The summed E-state index contributed by atoms with van der Waals surface area (Å²) < 4.78 is 0. The lowest BCUT2D eigenvalue weighted by Gasteiger charge is -2.32. The molecule has 17 heavy (non-hydrogen) atoms. The van der Waals surface area contributed by atoms with Crippen LogP contribution < -0.4 is 11.1 Å². The van der Waals surface area contributed by atoms with Gasteiger partial charge in [-0.1, -0.05) is 25.4 Å². The Kier molecular flexibility index (Phi) is 3.77. The van der Waals surface area contributed by atoms with Crippen molar-refractivity contribution in [1.82, 2.24) is 4.98 Å². The van der Waals surface area contributed by atoms with E-state index in [0.717, 1.165) is 17.7 Å². The second-order valence-corrected chi connectivity index (χ2v) is 5.60. The fraction of sp³-hybridized carbons (Fsp3) is 0.615. The lowest BCUT2D eigenvalue weighted by Crippen LogP contribution is -2.30. The maximum absolute atomic E-state index is 5.89. The highest BCUT2D eigenvalue weighted by Gasteiger charge is 2.24. The summed E-state index contributed by atoms with van der Waals surface area (Å²) in [4.78, 5) is 4.25. The molecular formula is C13H20ClN3. The zero-order chi connectivity index (χ0) is 12.4. The Morgan fingerprint density at radius 3 is 2.71 bits per heavy atom. The van der Waals surface area contributed by atoms with Gasteiger partial charge in [0.15, 0.2) is 0 Å². The minimum atomic E-state index is 0.449. The lowest BCUT2D eigenvalue weighted by atomic mass is 9.79. The van der Waals surface area contributed by atoms with E-state index >= 15 is 0 Å². The van der Waals surface area contributed by atoms with Gasteiger partial charge in [-0.3, -0.25) is 0 Å². The summed E-state index contributed by atoms with van der Waals surface area (Å²) in [5.74, 6) is 2.38. The summed E-state index contributed by atoms with van der Waals surface area (Å²) in [6.45, 7) is 4.65. The summed E-state index contributed by atoms with van der Waals surface area (Å²) in [6.07, 6.45) is 3.66. The van der Waals surface area contributed by atoms with Crippen LogP contribution in [0.1, 0.15) is 33.1 Å². The third-order valence-corrected chi connectivity index (χ3v) is 3.96. The van der Waals surface area contributed by atoms with Gasteiger partial charge in [0.2, 0.25) is 0 Å². The molecule has 1 aliphatic carbocycles. The molecule has 0 aromatic carbocycles. The van der Waals surface area contributed by atoms with Gasteiger partial charge in [-0.05, 0) is 37.2 Å². The highest BCUT2D eigenvalue weighted by molar-refractivity contribution is 6.29. The van der Waals surface area contributed by atoms with Crippen LogP contribution >= 0.6 is 11.6 Å². The third kappa shape index (κ3) is 3.25. The fourth-order valence-corrected chi connectivity index (χ4v) is 2.70. The van der Waals surface area contributed by atoms with Crippen LogP contribution in [-0.2, 0) is 0 Å². The number of aromatic nitrogens is 1. The van der Waals surface area contributed by atoms with Gasteiger partial charge in [-0.25, -0.2) is 4.98 Å². The van der Waals surface area contributed by atoms with Crippen molar-refractivity contribution in [2.75, 3.05) is 11.1 Å². The maximum Gasteiger partial charge on any atom is 0.133 e. The molecule has 0 bridgehead atoms. The summed E-state index contributed by atoms with van der Waals surface area (Å²) >= 11 is 5.89. The quantitative estimate of drug-likeness (QED) is 0.793. The molecule has 1 aromatic heterocycles. The predicted molar refractivity (Wildman–Crippen MR) is 73.2 cm³/mol. The van der Waals surface area contributed by atoms with Crippen LogP contribution in [0, 0.1) is 11.8 Å². The predicted octanol–water partition coefficient (Wildman–Crippen LogP) is 3.55. The number of pyridine rings is 1. The van der Waals surface area contributed by atoms with Crippen molar-refractivity contribution in [3.05, 3.63) is 17.3 Å². The highest BCUT2D eigenvalue weighted by Crippen LogP contribution is 2.31. The lowest BCUT2D eigenvalue weighted by molar-refractivity contribution is 0.260. The first kappa shape index (κ1) is 12.5. The molecule has 94 valence electrons. The van der Waals surface area contributed by atoms with Gasteiger partial charge in [-0.15, -0.1) is 0 Å². The number of nitrogens with one attached hydrogen (secondary N) is 1. The molecule has 3 N–H and O–H groups in total. The molecule has 1 heterocycles.